The fraction of sp³-hybridized carbons (Fsp3) is 0.429. The molecule has 2 aromatic heterocycles. The van der Waals surface area contributed by atoms with Crippen LogP contribution in [0.15, 0.2) is 18.6 Å². The van der Waals surface area contributed by atoms with Gasteiger partial charge < -0.3 is 10.6 Å². The second kappa shape index (κ2) is 7.17. The first-order valence-corrected chi connectivity index (χ1v) is 7.85. The highest BCUT2D eigenvalue weighted by Gasteiger charge is 2.20. The molecule has 8 heteroatoms. The molecule has 0 unspecified atom stereocenters. The molecule has 0 bridgehead atoms. The average molecular weight is 321 g/mol. The Hall–Kier alpha value is -2.22. The lowest BCUT2D eigenvalue weighted by Crippen LogP contribution is -2.38. The predicted octanol–water partition coefficient (Wildman–Crippen LogP) is 1.27. The van der Waals surface area contributed by atoms with Gasteiger partial charge in [-0.2, -0.15) is 5.10 Å². The summed E-state index contributed by atoms with van der Waals surface area (Å²) in [4.78, 5) is 29.9. The summed E-state index contributed by atoms with van der Waals surface area (Å²) in [5.41, 5.74) is 6.09. The van der Waals surface area contributed by atoms with E-state index in [-0.39, 0.29) is 12.5 Å². The van der Waals surface area contributed by atoms with Gasteiger partial charge in [-0.05, 0) is 6.42 Å². The molecule has 0 saturated heterocycles. The molecular formula is C14H19N5O2S. The highest BCUT2D eigenvalue weighted by molar-refractivity contribution is 7.16. The summed E-state index contributed by atoms with van der Waals surface area (Å²) in [5.74, 6) is -0.721. The van der Waals surface area contributed by atoms with Crippen molar-refractivity contribution in [1.82, 2.24) is 19.7 Å². The van der Waals surface area contributed by atoms with Crippen LogP contribution in [0.1, 0.15) is 29.4 Å². The topological polar surface area (TPSA) is 94.1 Å². The van der Waals surface area contributed by atoms with Gasteiger partial charge in [0.2, 0.25) is 5.91 Å². The van der Waals surface area contributed by atoms with Crippen molar-refractivity contribution in [3.05, 3.63) is 23.5 Å². The number of hydrogen-bond donors (Lipinski definition) is 1. The lowest BCUT2D eigenvalue weighted by molar-refractivity contribution is -0.118. The van der Waals surface area contributed by atoms with Gasteiger partial charge in [0.05, 0.1) is 18.9 Å². The second-order valence-electron chi connectivity index (χ2n) is 4.98. The van der Waals surface area contributed by atoms with E-state index in [2.05, 4.69) is 10.1 Å². The monoisotopic (exact) mass is 321 g/mol. The quantitative estimate of drug-likeness (QED) is 0.831. The first kappa shape index (κ1) is 16.2. The Morgan fingerprint density at radius 3 is 2.77 bits per heavy atom. The van der Waals surface area contributed by atoms with E-state index in [0.29, 0.717) is 11.4 Å². The molecule has 0 fully saturated rings. The van der Waals surface area contributed by atoms with Gasteiger partial charge in [0.1, 0.15) is 9.88 Å². The summed E-state index contributed by atoms with van der Waals surface area (Å²) in [6, 6.07) is 0. The number of aromatic nitrogens is 3. The minimum absolute atomic E-state index is 0.0705. The number of hydrogen-bond acceptors (Lipinski definition) is 5. The molecule has 0 aromatic carbocycles. The van der Waals surface area contributed by atoms with E-state index in [9.17, 15) is 9.59 Å². The van der Waals surface area contributed by atoms with Crippen molar-refractivity contribution in [2.45, 2.75) is 19.8 Å². The molecule has 0 radical (unpaired) electrons. The smallest absolute Gasteiger partial charge is 0.266 e. The van der Waals surface area contributed by atoms with Crippen molar-refractivity contribution < 1.29 is 9.59 Å². The third kappa shape index (κ3) is 3.91. The maximum atomic E-state index is 12.5. The molecule has 2 heterocycles. The molecule has 0 spiro atoms. The largest absolute Gasteiger partial charge is 0.368 e. The Kier molecular flexibility index (Phi) is 5.26. The zero-order valence-electron chi connectivity index (χ0n) is 12.7. The Bertz CT molecular complexity index is 664. The number of carbonyl (C=O) groups excluding carboxylic acids is 2. The van der Waals surface area contributed by atoms with Crippen molar-refractivity contribution in [3.8, 4) is 10.6 Å². The SMILES string of the molecule is CCCCN(CC(N)=O)C(=O)c1cnc(-c2cnn(C)c2)s1. The van der Waals surface area contributed by atoms with Gasteiger partial charge in [-0.25, -0.2) is 4.98 Å². The van der Waals surface area contributed by atoms with Crippen LogP contribution in [0.2, 0.25) is 0 Å². The maximum absolute atomic E-state index is 12.5. The number of aryl methyl sites for hydroxylation is 1. The van der Waals surface area contributed by atoms with Crippen LogP contribution in [0.3, 0.4) is 0 Å². The minimum Gasteiger partial charge on any atom is -0.368 e. The zero-order chi connectivity index (χ0) is 16.1. The molecule has 0 aliphatic carbocycles. The number of unbranched alkanes of at least 4 members (excludes halogenated alkanes) is 1. The van der Waals surface area contributed by atoms with E-state index < -0.39 is 5.91 Å². The second-order valence-corrected chi connectivity index (χ2v) is 6.01. The Labute approximate surface area is 132 Å². The molecule has 0 saturated carbocycles. The Morgan fingerprint density at radius 2 is 2.18 bits per heavy atom. The Balaban J connectivity index is 2.16. The van der Waals surface area contributed by atoms with Gasteiger partial charge in [-0.3, -0.25) is 14.3 Å². The van der Waals surface area contributed by atoms with Crippen molar-refractivity contribution in [1.29, 1.82) is 0 Å². The van der Waals surface area contributed by atoms with Crippen molar-refractivity contribution in [2.75, 3.05) is 13.1 Å². The van der Waals surface area contributed by atoms with Gasteiger partial charge in [-0.15, -0.1) is 11.3 Å². The zero-order valence-corrected chi connectivity index (χ0v) is 13.5. The first-order chi connectivity index (χ1) is 10.5. The normalized spacial score (nSPS) is 10.6. The number of rotatable bonds is 7. The van der Waals surface area contributed by atoms with Crippen LogP contribution in [-0.4, -0.2) is 44.6 Å². The molecule has 2 N–H and O–H groups in total. The third-order valence-corrected chi connectivity index (χ3v) is 4.12. The fourth-order valence-electron chi connectivity index (χ4n) is 1.98. The number of amides is 2. The number of carbonyl (C=O) groups is 2. The number of nitrogens with two attached hydrogens (primary N) is 1. The number of nitrogens with zero attached hydrogens (tertiary/aromatic N) is 4. The summed E-state index contributed by atoms with van der Waals surface area (Å²) in [6.45, 7) is 2.47. The van der Waals surface area contributed by atoms with Crippen LogP contribution < -0.4 is 5.73 Å². The molecule has 22 heavy (non-hydrogen) atoms. The van der Waals surface area contributed by atoms with Crippen LogP contribution >= 0.6 is 11.3 Å². The van der Waals surface area contributed by atoms with Crippen LogP contribution in [-0.2, 0) is 11.8 Å². The summed E-state index contributed by atoms with van der Waals surface area (Å²) in [7, 11) is 1.82. The molecule has 2 rings (SSSR count). The molecular weight excluding hydrogens is 302 g/mol. The third-order valence-electron chi connectivity index (χ3n) is 3.08. The molecule has 118 valence electrons. The Morgan fingerprint density at radius 1 is 1.41 bits per heavy atom. The van der Waals surface area contributed by atoms with E-state index >= 15 is 0 Å². The van der Waals surface area contributed by atoms with Crippen LogP contribution in [0.25, 0.3) is 10.6 Å². The van der Waals surface area contributed by atoms with Crippen molar-refractivity contribution >= 4 is 23.2 Å². The van der Waals surface area contributed by atoms with Crippen molar-refractivity contribution in [3.63, 3.8) is 0 Å². The van der Waals surface area contributed by atoms with Gasteiger partial charge in [0.15, 0.2) is 0 Å². The van der Waals surface area contributed by atoms with Gasteiger partial charge in [-0.1, -0.05) is 13.3 Å². The minimum atomic E-state index is -0.513. The van der Waals surface area contributed by atoms with E-state index in [1.807, 2.05) is 20.2 Å². The molecule has 0 aliphatic rings. The van der Waals surface area contributed by atoms with E-state index in [4.69, 9.17) is 5.73 Å². The summed E-state index contributed by atoms with van der Waals surface area (Å²) < 4.78 is 1.68. The van der Waals surface area contributed by atoms with Gasteiger partial charge in [0.25, 0.3) is 5.91 Å². The van der Waals surface area contributed by atoms with Crippen molar-refractivity contribution in [2.24, 2.45) is 12.8 Å². The van der Waals surface area contributed by atoms with Crippen LogP contribution in [0.5, 0.6) is 0 Å². The van der Waals surface area contributed by atoms with Gasteiger partial charge >= 0.3 is 0 Å². The molecule has 7 nitrogen and oxygen atoms in total. The number of primary amides is 1. The van der Waals surface area contributed by atoms with E-state index in [1.54, 1.807) is 10.9 Å². The van der Waals surface area contributed by atoms with Crippen LogP contribution in [0, 0.1) is 0 Å². The first-order valence-electron chi connectivity index (χ1n) is 7.03. The highest BCUT2D eigenvalue weighted by Crippen LogP contribution is 2.25. The standard InChI is InChI=1S/C14H19N5O2S/c1-3-4-5-19(9-12(15)20)14(21)11-7-16-13(22-11)10-6-17-18(2)8-10/h6-8H,3-5,9H2,1-2H3,(H2,15,20). The van der Waals surface area contributed by atoms with E-state index in [0.717, 1.165) is 23.4 Å². The molecule has 0 aliphatic heterocycles. The summed E-state index contributed by atoms with van der Waals surface area (Å²) in [5, 5.41) is 4.82. The van der Waals surface area contributed by atoms with Crippen LogP contribution in [0.4, 0.5) is 0 Å². The lowest BCUT2D eigenvalue weighted by Gasteiger charge is -2.19. The van der Waals surface area contributed by atoms with E-state index in [1.165, 1.54) is 22.4 Å². The average Bonchev–Trinajstić information content (AvgIpc) is 3.10. The fourth-order valence-corrected chi connectivity index (χ4v) is 2.84. The predicted molar refractivity (Wildman–Crippen MR) is 84.3 cm³/mol. The molecule has 2 aromatic rings. The highest BCUT2D eigenvalue weighted by atomic mass is 32.1. The summed E-state index contributed by atoms with van der Waals surface area (Å²) >= 11 is 1.29. The summed E-state index contributed by atoms with van der Waals surface area (Å²) in [6.07, 6.45) is 6.84. The molecule has 2 amide bonds. The lowest BCUT2D eigenvalue weighted by atomic mass is 10.3. The van der Waals surface area contributed by atoms with Gasteiger partial charge in [0, 0.05) is 25.4 Å². The maximum Gasteiger partial charge on any atom is 0.266 e. The molecule has 0 atom stereocenters. The number of thiazole rings is 1.